The van der Waals surface area contributed by atoms with Gasteiger partial charge in [0.05, 0.1) is 17.0 Å². The third-order valence-electron chi connectivity index (χ3n) is 6.95. The van der Waals surface area contributed by atoms with E-state index in [1.54, 1.807) is 24.3 Å². The Morgan fingerprint density at radius 2 is 1.61 bits per heavy atom. The van der Waals surface area contributed by atoms with Crippen molar-refractivity contribution in [1.29, 1.82) is 0 Å². The maximum Gasteiger partial charge on any atom is 0.269 e. The summed E-state index contributed by atoms with van der Waals surface area (Å²) in [7, 11) is 0. The third kappa shape index (κ3) is 4.94. The van der Waals surface area contributed by atoms with Gasteiger partial charge in [0, 0.05) is 29.8 Å². The molecule has 0 aliphatic carbocycles. The van der Waals surface area contributed by atoms with Crippen LogP contribution in [0.1, 0.15) is 22.3 Å². The molecule has 0 radical (unpaired) electrons. The van der Waals surface area contributed by atoms with Gasteiger partial charge in [-0.2, -0.15) is 0 Å². The number of oxazole rings is 1. The molecule has 41 heavy (non-hydrogen) atoms. The van der Waals surface area contributed by atoms with Crippen LogP contribution < -0.4 is 4.90 Å². The minimum atomic E-state index is -1.05. The standard InChI is InChI=1S/C31H22N4O6/c36-28-18-26(33(19-20-6-2-1-3-7-20)30(37)22-12-16-24(17-13-22)35(39)40)31(38)34(28)23-14-10-21(11-15-23)29-32-25-8-4-5-9-27(25)41-29/h1-17,26H,18-19H2. The van der Waals surface area contributed by atoms with Gasteiger partial charge < -0.3 is 9.32 Å². The Morgan fingerprint density at radius 1 is 0.927 bits per heavy atom. The fourth-order valence-corrected chi connectivity index (χ4v) is 4.87. The predicted octanol–water partition coefficient (Wildman–Crippen LogP) is 5.38. The van der Waals surface area contributed by atoms with Crippen molar-refractivity contribution in [3.63, 3.8) is 0 Å². The highest BCUT2D eigenvalue weighted by Gasteiger charge is 2.44. The number of carbonyl (C=O) groups is 3. The Balaban J connectivity index is 1.28. The first kappa shape index (κ1) is 25.6. The number of nitro groups is 1. The van der Waals surface area contributed by atoms with Gasteiger partial charge in [-0.05, 0) is 54.1 Å². The zero-order valence-corrected chi connectivity index (χ0v) is 21.5. The molecule has 1 atom stereocenters. The van der Waals surface area contributed by atoms with Crippen LogP contribution in [0.3, 0.4) is 0 Å². The van der Waals surface area contributed by atoms with E-state index in [9.17, 15) is 24.5 Å². The first-order valence-electron chi connectivity index (χ1n) is 12.8. The molecule has 4 aromatic carbocycles. The second kappa shape index (κ2) is 10.5. The van der Waals surface area contributed by atoms with Crippen molar-refractivity contribution in [2.24, 2.45) is 0 Å². The number of aromatic nitrogens is 1. The van der Waals surface area contributed by atoms with E-state index in [2.05, 4.69) is 4.98 Å². The molecule has 1 aromatic heterocycles. The van der Waals surface area contributed by atoms with E-state index in [0.717, 1.165) is 16.0 Å². The van der Waals surface area contributed by atoms with Crippen molar-refractivity contribution >= 4 is 40.2 Å². The third-order valence-corrected chi connectivity index (χ3v) is 6.95. The van der Waals surface area contributed by atoms with Crippen molar-refractivity contribution in [2.75, 3.05) is 4.90 Å². The average molecular weight is 547 g/mol. The number of hydrogen-bond donors (Lipinski definition) is 0. The predicted molar refractivity (Wildman–Crippen MR) is 150 cm³/mol. The van der Waals surface area contributed by atoms with Crippen LogP contribution in [-0.2, 0) is 16.1 Å². The summed E-state index contributed by atoms with van der Waals surface area (Å²) in [6.45, 7) is 0.0743. The highest BCUT2D eigenvalue weighted by Crippen LogP contribution is 2.31. The normalized spacial score (nSPS) is 14.9. The minimum Gasteiger partial charge on any atom is -0.436 e. The molecule has 202 valence electrons. The van der Waals surface area contributed by atoms with Crippen molar-refractivity contribution in [3.05, 3.63) is 124 Å². The van der Waals surface area contributed by atoms with Crippen molar-refractivity contribution in [1.82, 2.24) is 9.88 Å². The number of nitro benzene ring substituents is 1. The van der Waals surface area contributed by atoms with E-state index >= 15 is 0 Å². The number of para-hydroxylation sites is 2. The summed E-state index contributed by atoms with van der Waals surface area (Å²) >= 11 is 0. The molecule has 2 heterocycles. The SMILES string of the molecule is O=C1CC(N(Cc2ccccc2)C(=O)c2ccc([N+](=O)[O-])cc2)C(=O)N1c1ccc(-c2nc3ccccc3o2)cc1. The Morgan fingerprint density at radius 3 is 2.29 bits per heavy atom. The molecule has 1 aliphatic rings. The van der Waals surface area contributed by atoms with Crippen molar-refractivity contribution < 1.29 is 23.7 Å². The molecule has 1 unspecified atom stereocenters. The lowest BCUT2D eigenvalue weighted by molar-refractivity contribution is -0.384. The van der Waals surface area contributed by atoms with Crippen LogP contribution in [0.5, 0.6) is 0 Å². The van der Waals surface area contributed by atoms with Gasteiger partial charge in [0.25, 0.3) is 17.5 Å². The molecule has 10 nitrogen and oxygen atoms in total. The lowest BCUT2D eigenvalue weighted by Crippen LogP contribution is -2.45. The number of fused-ring (bicyclic) bond motifs is 1. The van der Waals surface area contributed by atoms with E-state index in [1.165, 1.54) is 29.2 Å². The number of nitrogens with zero attached hydrogens (tertiary/aromatic N) is 4. The van der Waals surface area contributed by atoms with Gasteiger partial charge in [0.1, 0.15) is 11.6 Å². The Bertz CT molecular complexity index is 1750. The van der Waals surface area contributed by atoms with Gasteiger partial charge in [0.2, 0.25) is 11.8 Å². The monoisotopic (exact) mass is 546 g/mol. The number of anilines is 1. The first-order chi connectivity index (χ1) is 19.9. The Labute approximate surface area is 233 Å². The number of rotatable bonds is 7. The number of benzene rings is 4. The largest absolute Gasteiger partial charge is 0.436 e. The molecule has 5 aromatic rings. The molecule has 0 spiro atoms. The second-order valence-corrected chi connectivity index (χ2v) is 9.54. The highest BCUT2D eigenvalue weighted by atomic mass is 16.6. The van der Waals surface area contributed by atoms with Gasteiger partial charge in [-0.3, -0.25) is 24.5 Å². The Hall–Kier alpha value is -5.64. The molecule has 1 aliphatic heterocycles. The number of hydrogen-bond acceptors (Lipinski definition) is 7. The summed E-state index contributed by atoms with van der Waals surface area (Å²) in [4.78, 5) is 57.9. The lowest BCUT2D eigenvalue weighted by Gasteiger charge is -2.28. The molecule has 0 bridgehead atoms. The molecular weight excluding hydrogens is 524 g/mol. The van der Waals surface area contributed by atoms with E-state index in [0.29, 0.717) is 22.7 Å². The van der Waals surface area contributed by atoms with Gasteiger partial charge in [-0.25, -0.2) is 9.88 Å². The smallest absolute Gasteiger partial charge is 0.269 e. The van der Waals surface area contributed by atoms with Gasteiger partial charge >= 0.3 is 0 Å². The van der Waals surface area contributed by atoms with Gasteiger partial charge in [-0.1, -0.05) is 42.5 Å². The molecule has 10 heteroatoms. The minimum absolute atomic E-state index is 0.0743. The van der Waals surface area contributed by atoms with Crippen LogP contribution in [0.25, 0.3) is 22.6 Å². The summed E-state index contributed by atoms with van der Waals surface area (Å²) in [6, 6.07) is 27.3. The van der Waals surface area contributed by atoms with Crippen LogP contribution in [0.4, 0.5) is 11.4 Å². The van der Waals surface area contributed by atoms with Crippen LogP contribution in [0.2, 0.25) is 0 Å². The maximum absolute atomic E-state index is 13.7. The summed E-state index contributed by atoms with van der Waals surface area (Å²) in [5, 5.41) is 11.1. The quantitative estimate of drug-likeness (QED) is 0.152. The van der Waals surface area contributed by atoms with E-state index in [1.807, 2.05) is 54.6 Å². The summed E-state index contributed by atoms with van der Waals surface area (Å²) in [6.07, 6.45) is -0.197. The zero-order valence-electron chi connectivity index (χ0n) is 21.5. The summed E-state index contributed by atoms with van der Waals surface area (Å²) in [5.41, 5.74) is 3.20. The summed E-state index contributed by atoms with van der Waals surface area (Å²) in [5.74, 6) is -1.07. The zero-order chi connectivity index (χ0) is 28.5. The summed E-state index contributed by atoms with van der Waals surface area (Å²) < 4.78 is 5.82. The molecule has 0 saturated carbocycles. The van der Waals surface area contributed by atoms with E-state index in [-0.39, 0.29) is 24.2 Å². The topological polar surface area (TPSA) is 127 Å². The fraction of sp³-hybridized carbons (Fsp3) is 0.0968. The molecule has 1 saturated heterocycles. The van der Waals surface area contributed by atoms with Gasteiger partial charge in [0.15, 0.2) is 5.58 Å². The van der Waals surface area contributed by atoms with Crippen LogP contribution in [0.15, 0.2) is 108 Å². The number of imide groups is 1. The van der Waals surface area contributed by atoms with E-state index < -0.39 is 28.7 Å². The van der Waals surface area contributed by atoms with Crippen LogP contribution in [0, 0.1) is 10.1 Å². The number of amides is 3. The van der Waals surface area contributed by atoms with Crippen LogP contribution in [-0.4, -0.2) is 38.6 Å². The van der Waals surface area contributed by atoms with Gasteiger partial charge in [-0.15, -0.1) is 0 Å². The highest BCUT2D eigenvalue weighted by molar-refractivity contribution is 6.23. The molecule has 0 N–H and O–H groups in total. The number of carbonyl (C=O) groups excluding carboxylic acids is 3. The second-order valence-electron chi connectivity index (χ2n) is 9.54. The molecular formula is C31H22N4O6. The first-order valence-corrected chi connectivity index (χ1v) is 12.8. The van der Waals surface area contributed by atoms with Crippen LogP contribution >= 0.6 is 0 Å². The average Bonchev–Trinajstić information content (AvgIpc) is 3.56. The molecule has 1 fully saturated rings. The molecule has 3 amide bonds. The lowest BCUT2D eigenvalue weighted by atomic mass is 10.1. The number of non-ortho nitro benzene ring substituents is 1. The van der Waals surface area contributed by atoms with E-state index in [4.69, 9.17) is 4.42 Å². The maximum atomic E-state index is 13.7. The fourth-order valence-electron chi connectivity index (χ4n) is 4.87. The molecule has 6 rings (SSSR count). The van der Waals surface area contributed by atoms with Crippen molar-refractivity contribution in [2.45, 2.75) is 19.0 Å². The Kier molecular flexibility index (Phi) is 6.56. The van der Waals surface area contributed by atoms with Crippen molar-refractivity contribution in [3.8, 4) is 11.5 Å².